The summed E-state index contributed by atoms with van der Waals surface area (Å²) in [7, 11) is 0. The summed E-state index contributed by atoms with van der Waals surface area (Å²) < 4.78 is 6.00. The van der Waals surface area contributed by atoms with E-state index < -0.39 is 0 Å². The fourth-order valence-electron chi connectivity index (χ4n) is 2.65. The summed E-state index contributed by atoms with van der Waals surface area (Å²) in [5.41, 5.74) is 5.21. The molecule has 3 rings (SSSR count). The summed E-state index contributed by atoms with van der Waals surface area (Å²) in [5, 5.41) is 11.9. The number of hydrogen-bond donors (Lipinski definition) is 2. The minimum absolute atomic E-state index is 0.0948. The van der Waals surface area contributed by atoms with Crippen LogP contribution in [0.25, 0.3) is 11.0 Å². The molecule has 0 radical (unpaired) electrons. The molecular weight excluding hydrogens is 250 g/mol. The predicted octanol–water partition coefficient (Wildman–Crippen LogP) is 4.25. The lowest BCUT2D eigenvalue weighted by Crippen LogP contribution is -2.08. The van der Waals surface area contributed by atoms with E-state index in [2.05, 4.69) is 35.4 Å². The Labute approximate surface area is 118 Å². The molecule has 2 heterocycles. The van der Waals surface area contributed by atoms with Gasteiger partial charge in [0.2, 0.25) is 0 Å². The fraction of sp³-hybridized carbons (Fsp3) is 0.312. The van der Waals surface area contributed by atoms with Crippen LogP contribution in [0.1, 0.15) is 35.7 Å². The maximum absolute atomic E-state index is 6.00. The highest BCUT2D eigenvalue weighted by atomic mass is 16.3. The second-order valence-electron chi connectivity index (χ2n) is 5.26. The smallest absolute Gasteiger partial charge is 0.134 e. The van der Waals surface area contributed by atoms with Gasteiger partial charge in [-0.3, -0.25) is 5.10 Å². The second kappa shape index (κ2) is 4.71. The first-order valence-electron chi connectivity index (χ1n) is 6.84. The minimum atomic E-state index is 0.0948. The fourth-order valence-corrected chi connectivity index (χ4v) is 2.65. The zero-order valence-electron chi connectivity index (χ0n) is 12.2. The molecule has 0 aliphatic heterocycles. The molecule has 0 aliphatic rings. The predicted molar refractivity (Wildman–Crippen MR) is 81.1 cm³/mol. The van der Waals surface area contributed by atoms with Gasteiger partial charge in [0.1, 0.15) is 11.3 Å². The molecule has 0 saturated heterocycles. The van der Waals surface area contributed by atoms with Crippen LogP contribution in [-0.2, 0) is 0 Å². The van der Waals surface area contributed by atoms with Crippen molar-refractivity contribution in [1.82, 2.24) is 10.2 Å². The molecule has 1 atom stereocenters. The van der Waals surface area contributed by atoms with Crippen LogP contribution in [0.3, 0.4) is 0 Å². The van der Waals surface area contributed by atoms with Crippen molar-refractivity contribution in [3.05, 3.63) is 47.0 Å². The Bertz CT molecular complexity index is 735. The van der Waals surface area contributed by atoms with E-state index in [1.807, 2.05) is 32.0 Å². The number of aryl methyl sites for hydroxylation is 3. The van der Waals surface area contributed by atoms with E-state index in [9.17, 15) is 0 Å². The number of para-hydroxylation sites is 1. The first-order chi connectivity index (χ1) is 9.58. The highest BCUT2D eigenvalue weighted by Crippen LogP contribution is 2.31. The number of furan rings is 1. The van der Waals surface area contributed by atoms with E-state index in [-0.39, 0.29) is 6.04 Å². The van der Waals surface area contributed by atoms with Gasteiger partial charge >= 0.3 is 0 Å². The monoisotopic (exact) mass is 269 g/mol. The van der Waals surface area contributed by atoms with Crippen LogP contribution in [0.15, 0.2) is 28.7 Å². The average molecular weight is 269 g/mol. The zero-order valence-corrected chi connectivity index (χ0v) is 12.2. The van der Waals surface area contributed by atoms with E-state index in [1.165, 1.54) is 10.9 Å². The Kier molecular flexibility index (Phi) is 3.01. The number of nitrogens with one attached hydrogen (secondary N) is 2. The van der Waals surface area contributed by atoms with E-state index in [4.69, 9.17) is 4.42 Å². The topological polar surface area (TPSA) is 53.9 Å². The first-order valence-corrected chi connectivity index (χ1v) is 6.84. The van der Waals surface area contributed by atoms with E-state index >= 15 is 0 Å². The first kappa shape index (κ1) is 12.8. The van der Waals surface area contributed by atoms with Gasteiger partial charge in [0.15, 0.2) is 0 Å². The summed E-state index contributed by atoms with van der Waals surface area (Å²) in [6, 6.07) is 8.23. The Morgan fingerprint density at radius 3 is 2.60 bits per heavy atom. The Morgan fingerprint density at radius 1 is 1.20 bits per heavy atom. The number of rotatable bonds is 3. The lowest BCUT2D eigenvalue weighted by Gasteiger charge is -2.14. The van der Waals surface area contributed by atoms with Crippen molar-refractivity contribution in [2.75, 3.05) is 5.32 Å². The molecule has 0 fully saturated rings. The standard InChI is InChI=1S/C16H19N3O/c1-9-13-7-5-6-8-14(13)20-16(9)12(4)17-15-10(2)18-19-11(15)3/h5-8,12,17H,1-4H3,(H,18,19). The van der Waals surface area contributed by atoms with E-state index in [1.54, 1.807) is 0 Å². The number of fused-ring (bicyclic) bond motifs is 1. The van der Waals surface area contributed by atoms with Crippen molar-refractivity contribution in [3.63, 3.8) is 0 Å². The third-order valence-electron chi connectivity index (χ3n) is 3.76. The molecule has 2 aromatic heterocycles. The van der Waals surface area contributed by atoms with Gasteiger partial charge in [0, 0.05) is 10.9 Å². The van der Waals surface area contributed by atoms with E-state index in [0.29, 0.717) is 0 Å². The van der Waals surface area contributed by atoms with Gasteiger partial charge in [-0.2, -0.15) is 5.10 Å². The van der Waals surface area contributed by atoms with Crippen molar-refractivity contribution in [3.8, 4) is 0 Å². The maximum atomic E-state index is 6.00. The number of benzene rings is 1. The summed E-state index contributed by atoms with van der Waals surface area (Å²) in [6.45, 7) is 8.22. The van der Waals surface area contributed by atoms with Crippen LogP contribution in [-0.4, -0.2) is 10.2 Å². The number of anilines is 1. The molecule has 1 unspecified atom stereocenters. The average Bonchev–Trinajstić information content (AvgIpc) is 2.94. The Morgan fingerprint density at radius 2 is 1.95 bits per heavy atom. The third-order valence-corrected chi connectivity index (χ3v) is 3.76. The zero-order chi connectivity index (χ0) is 14.3. The quantitative estimate of drug-likeness (QED) is 0.747. The van der Waals surface area contributed by atoms with Gasteiger partial charge in [0.25, 0.3) is 0 Å². The molecule has 3 aromatic rings. The number of aromatic nitrogens is 2. The SMILES string of the molecule is Cc1n[nH]c(C)c1NC(C)c1oc2ccccc2c1C. The molecule has 0 amide bonds. The molecule has 20 heavy (non-hydrogen) atoms. The lowest BCUT2D eigenvalue weighted by molar-refractivity contribution is 0.522. The number of hydrogen-bond acceptors (Lipinski definition) is 3. The third kappa shape index (κ3) is 1.97. The molecule has 1 aromatic carbocycles. The van der Waals surface area contributed by atoms with Crippen LogP contribution >= 0.6 is 0 Å². The molecular formula is C16H19N3O. The summed E-state index contributed by atoms with van der Waals surface area (Å²) in [6.07, 6.45) is 0. The highest BCUT2D eigenvalue weighted by molar-refractivity contribution is 5.82. The van der Waals surface area contributed by atoms with Gasteiger partial charge in [-0.1, -0.05) is 18.2 Å². The lowest BCUT2D eigenvalue weighted by atomic mass is 10.1. The summed E-state index contributed by atoms with van der Waals surface area (Å²) in [5.74, 6) is 0.978. The van der Waals surface area contributed by atoms with Gasteiger partial charge in [-0.15, -0.1) is 0 Å². The van der Waals surface area contributed by atoms with Gasteiger partial charge in [-0.25, -0.2) is 0 Å². The van der Waals surface area contributed by atoms with Gasteiger partial charge in [-0.05, 0) is 33.8 Å². The second-order valence-corrected chi connectivity index (χ2v) is 5.26. The molecule has 4 heteroatoms. The van der Waals surface area contributed by atoms with Gasteiger partial charge in [0.05, 0.1) is 23.1 Å². The molecule has 104 valence electrons. The molecule has 0 saturated carbocycles. The van der Waals surface area contributed by atoms with Crippen LogP contribution in [0.2, 0.25) is 0 Å². The van der Waals surface area contributed by atoms with Crippen molar-refractivity contribution in [2.45, 2.75) is 33.7 Å². The number of aromatic amines is 1. The molecule has 0 aliphatic carbocycles. The Balaban J connectivity index is 1.97. The molecule has 0 spiro atoms. The number of H-pyrrole nitrogens is 1. The molecule has 0 bridgehead atoms. The molecule has 2 N–H and O–H groups in total. The normalized spacial score (nSPS) is 12.8. The summed E-state index contributed by atoms with van der Waals surface area (Å²) >= 11 is 0. The largest absolute Gasteiger partial charge is 0.459 e. The van der Waals surface area contributed by atoms with Crippen molar-refractivity contribution >= 4 is 16.7 Å². The minimum Gasteiger partial charge on any atom is -0.459 e. The van der Waals surface area contributed by atoms with Crippen molar-refractivity contribution in [1.29, 1.82) is 0 Å². The van der Waals surface area contributed by atoms with Crippen LogP contribution in [0.4, 0.5) is 5.69 Å². The van der Waals surface area contributed by atoms with Crippen molar-refractivity contribution in [2.24, 2.45) is 0 Å². The maximum Gasteiger partial charge on any atom is 0.134 e. The van der Waals surface area contributed by atoms with E-state index in [0.717, 1.165) is 28.4 Å². The van der Waals surface area contributed by atoms with Crippen LogP contribution in [0, 0.1) is 20.8 Å². The van der Waals surface area contributed by atoms with Crippen LogP contribution in [0.5, 0.6) is 0 Å². The van der Waals surface area contributed by atoms with Crippen LogP contribution < -0.4 is 5.32 Å². The number of nitrogens with zero attached hydrogens (tertiary/aromatic N) is 1. The van der Waals surface area contributed by atoms with Gasteiger partial charge < -0.3 is 9.73 Å². The highest BCUT2D eigenvalue weighted by Gasteiger charge is 2.18. The molecule has 4 nitrogen and oxygen atoms in total. The summed E-state index contributed by atoms with van der Waals surface area (Å²) in [4.78, 5) is 0. The van der Waals surface area contributed by atoms with Crippen molar-refractivity contribution < 1.29 is 4.42 Å². The Hall–Kier alpha value is -2.23.